The first kappa shape index (κ1) is 20.7. The van der Waals surface area contributed by atoms with Crippen LogP contribution in [0, 0.1) is 5.41 Å². The monoisotopic (exact) mass is 393 g/mol. The van der Waals surface area contributed by atoms with Gasteiger partial charge in [0.15, 0.2) is 0 Å². The first-order chi connectivity index (χ1) is 13.9. The van der Waals surface area contributed by atoms with Crippen LogP contribution in [0.4, 0.5) is 0 Å². The zero-order chi connectivity index (χ0) is 20.9. The summed E-state index contributed by atoms with van der Waals surface area (Å²) < 4.78 is 0. The molecule has 2 aromatic carbocycles. The maximum absolute atomic E-state index is 12.7. The lowest BCUT2D eigenvalue weighted by Gasteiger charge is -2.33. The molecule has 0 saturated carbocycles. The van der Waals surface area contributed by atoms with E-state index in [9.17, 15) is 9.90 Å². The number of rotatable bonds is 8. The van der Waals surface area contributed by atoms with Gasteiger partial charge in [0.2, 0.25) is 11.7 Å². The van der Waals surface area contributed by atoms with Crippen molar-refractivity contribution in [2.24, 2.45) is 5.41 Å². The SMILES string of the molecule is C[C@H](C(=O)NC[C@](C)(Cc1ccccc1)[C@@H](C)O)n1nnc(-c2ccccc2)n1. The lowest BCUT2D eigenvalue weighted by molar-refractivity contribution is -0.125. The van der Waals surface area contributed by atoms with Crippen molar-refractivity contribution in [3.8, 4) is 11.4 Å². The lowest BCUT2D eigenvalue weighted by Crippen LogP contribution is -2.45. The van der Waals surface area contributed by atoms with Crippen LogP contribution in [0.3, 0.4) is 0 Å². The van der Waals surface area contributed by atoms with Gasteiger partial charge in [-0.1, -0.05) is 67.6 Å². The third-order valence-corrected chi connectivity index (χ3v) is 5.31. The molecule has 0 aliphatic heterocycles. The summed E-state index contributed by atoms with van der Waals surface area (Å²) in [5.41, 5.74) is 1.46. The molecule has 2 N–H and O–H groups in total. The fraction of sp³-hybridized carbons (Fsp3) is 0.364. The Hall–Kier alpha value is -3.06. The van der Waals surface area contributed by atoms with Crippen LogP contribution < -0.4 is 5.32 Å². The number of amides is 1. The van der Waals surface area contributed by atoms with Crippen molar-refractivity contribution in [2.75, 3.05) is 6.54 Å². The van der Waals surface area contributed by atoms with Crippen molar-refractivity contribution in [1.29, 1.82) is 0 Å². The molecule has 3 atom stereocenters. The second-order valence-corrected chi connectivity index (χ2v) is 7.69. The lowest BCUT2D eigenvalue weighted by atomic mass is 9.79. The second-order valence-electron chi connectivity index (χ2n) is 7.69. The zero-order valence-electron chi connectivity index (χ0n) is 17.0. The largest absolute Gasteiger partial charge is 0.393 e. The molecular weight excluding hydrogens is 366 g/mol. The molecule has 0 spiro atoms. The maximum Gasteiger partial charge on any atom is 0.246 e. The Morgan fingerprint density at radius 3 is 2.34 bits per heavy atom. The van der Waals surface area contributed by atoms with E-state index in [-0.39, 0.29) is 5.91 Å². The molecule has 0 fully saturated rings. The van der Waals surface area contributed by atoms with Gasteiger partial charge in [-0.2, -0.15) is 4.80 Å². The molecule has 0 aliphatic rings. The van der Waals surface area contributed by atoms with E-state index in [0.717, 1.165) is 11.1 Å². The highest BCUT2D eigenvalue weighted by Crippen LogP contribution is 2.26. The van der Waals surface area contributed by atoms with E-state index in [1.54, 1.807) is 13.8 Å². The average Bonchev–Trinajstić information content (AvgIpc) is 3.23. The number of carbonyl (C=O) groups excluding carboxylic acids is 1. The molecule has 1 amide bonds. The van der Waals surface area contributed by atoms with Gasteiger partial charge in [0, 0.05) is 17.5 Å². The van der Waals surface area contributed by atoms with Crippen LogP contribution in [-0.4, -0.2) is 43.9 Å². The van der Waals surface area contributed by atoms with Gasteiger partial charge < -0.3 is 10.4 Å². The molecule has 0 aliphatic carbocycles. The Morgan fingerprint density at radius 2 is 1.72 bits per heavy atom. The highest BCUT2D eigenvalue weighted by atomic mass is 16.3. The molecule has 7 heteroatoms. The molecule has 0 radical (unpaired) electrons. The van der Waals surface area contributed by atoms with E-state index < -0.39 is 17.6 Å². The van der Waals surface area contributed by atoms with Gasteiger partial charge in [-0.15, -0.1) is 10.2 Å². The van der Waals surface area contributed by atoms with Gasteiger partial charge in [0.1, 0.15) is 6.04 Å². The number of nitrogens with zero attached hydrogens (tertiary/aromatic N) is 4. The van der Waals surface area contributed by atoms with Crippen molar-refractivity contribution < 1.29 is 9.90 Å². The molecule has 152 valence electrons. The van der Waals surface area contributed by atoms with Crippen molar-refractivity contribution in [3.05, 3.63) is 66.2 Å². The summed E-state index contributed by atoms with van der Waals surface area (Å²) >= 11 is 0. The Kier molecular flexibility index (Phi) is 6.39. The van der Waals surface area contributed by atoms with Gasteiger partial charge in [-0.05, 0) is 31.0 Å². The molecule has 0 bridgehead atoms. The maximum atomic E-state index is 12.7. The number of aromatic nitrogens is 4. The van der Waals surface area contributed by atoms with Gasteiger partial charge in [0.05, 0.1) is 6.10 Å². The van der Waals surface area contributed by atoms with E-state index >= 15 is 0 Å². The highest BCUT2D eigenvalue weighted by molar-refractivity contribution is 5.79. The normalized spacial score (nSPS) is 15.3. The number of carbonyl (C=O) groups is 1. The van der Waals surface area contributed by atoms with Crippen molar-refractivity contribution in [2.45, 2.75) is 39.3 Å². The van der Waals surface area contributed by atoms with Crippen molar-refractivity contribution in [3.63, 3.8) is 0 Å². The Labute approximate surface area is 170 Å². The molecule has 1 aromatic heterocycles. The molecule has 3 rings (SSSR count). The third kappa shape index (κ3) is 5.06. The van der Waals surface area contributed by atoms with E-state index in [1.165, 1.54) is 4.80 Å². The molecule has 29 heavy (non-hydrogen) atoms. The third-order valence-electron chi connectivity index (χ3n) is 5.31. The number of aliphatic hydroxyl groups excluding tert-OH is 1. The van der Waals surface area contributed by atoms with Crippen LogP contribution in [0.5, 0.6) is 0 Å². The molecule has 0 unspecified atom stereocenters. The minimum Gasteiger partial charge on any atom is -0.393 e. The van der Waals surface area contributed by atoms with Crippen LogP contribution in [0.2, 0.25) is 0 Å². The fourth-order valence-electron chi connectivity index (χ4n) is 3.05. The number of aliphatic hydroxyl groups is 1. The van der Waals surface area contributed by atoms with Crippen LogP contribution in [-0.2, 0) is 11.2 Å². The molecular formula is C22H27N5O2. The predicted octanol–water partition coefficient (Wildman–Crippen LogP) is 2.65. The molecule has 0 saturated heterocycles. The number of benzene rings is 2. The highest BCUT2D eigenvalue weighted by Gasteiger charge is 2.32. The molecule has 3 aromatic rings. The number of nitrogens with one attached hydrogen (secondary N) is 1. The number of tetrazole rings is 1. The number of hydrogen-bond acceptors (Lipinski definition) is 5. The average molecular weight is 393 g/mol. The first-order valence-corrected chi connectivity index (χ1v) is 9.74. The fourth-order valence-corrected chi connectivity index (χ4v) is 3.05. The minimum atomic E-state index is -0.616. The number of hydrogen-bond donors (Lipinski definition) is 2. The summed E-state index contributed by atoms with van der Waals surface area (Å²) in [6, 6.07) is 18.8. The summed E-state index contributed by atoms with van der Waals surface area (Å²) in [5, 5.41) is 25.7. The van der Waals surface area contributed by atoms with E-state index in [2.05, 4.69) is 20.7 Å². The zero-order valence-corrected chi connectivity index (χ0v) is 17.0. The predicted molar refractivity (Wildman–Crippen MR) is 111 cm³/mol. The van der Waals surface area contributed by atoms with Crippen LogP contribution >= 0.6 is 0 Å². The topological polar surface area (TPSA) is 92.9 Å². The van der Waals surface area contributed by atoms with Crippen LogP contribution in [0.25, 0.3) is 11.4 Å². The van der Waals surface area contributed by atoms with Crippen molar-refractivity contribution >= 4 is 5.91 Å². The van der Waals surface area contributed by atoms with Crippen molar-refractivity contribution in [1.82, 2.24) is 25.5 Å². The van der Waals surface area contributed by atoms with E-state index in [1.807, 2.05) is 67.6 Å². The summed E-state index contributed by atoms with van der Waals surface area (Å²) in [6.07, 6.45) is 0.0624. The smallest absolute Gasteiger partial charge is 0.246 e. The van der Waals surface area contributed by atoms with E-state index in [0.29, 0.717) is 18.8 Å². The van der Waals surface area contributed by atoms with Gasteiger partial charge in [0.25, 0.3) is 0 Å². The minimum absolute atomic E-state index is 0.220. The Balaban J connectivity index is 1.65. The quantitative estimate of drug-likeness (QED) is 0.614. The van der Waals surface area contributed by atoms with Crippen LogP contribution in [0.15, 0.2) is 60.7 Å². The Bertz CT molecular complexity index is 927. The molecule has 1 heterocycles. The van der Waals surface area contributed by atoms with Crippen LogP contribution in [0.1, 0.15) is 32.4 Å². The Morgan fingerprint density at radius 1 is 1.10 bits per heavy atom. The first-order valence-electron chi connectivity index (χ1n) is 9.74. The standard InChI is InChI=1S/C22H27N5O2/c1-16(27-25-20(24-26-27)19-12-8-5-9-13-19)21(29)23-15-22(3,17(2)28)14-18-10-6-4-7-11-18/h4-13,16-17,28H,14-15H2,1-3H3,(H,23,29)/t16-,17-,22+/m1/s1. The van der Waals surface area contributed by atoms with Gasteiger partial charge >= 0.3 is 0 Å². The summed E-state index contributed by atoms with van der Waals surface area (Å²) in [6.45, 7) is 5.78. The van der Waals surface area contributed by atoms with Gasteiger partial charge in [-0.25, -0.2) is 0 Å². The van der Waals surface area contributed by atoms with E-state index in [4.69, 9.17) is 0 Å². The summed E-state index contributed by atoms with van der Waals surface area (Å²) in [4.78, 5) is 14.0. The van der Waals surface area contributed by atoms with Gasteiger partial charge in [-0.3, -0.25) is 4.79 Å². The summed E-state index contributed by atoms with van der Waals surface area (Å²) in [7, 11) is 0. The second kappa shape index (κ2) is 8.96. The summed E-state index contributed by atoms with van der Waals surface area (Å²) in [5.74, 6) is 0.255. The molecule has 7 nitrogen and oxygen atoms in total.